The number of carbonyl (C=O) groups is 1. The third kappa shape index (κ3) is 7.08. The Morgan fingerprint density at radius 1 is 1.03 bits per heavy atom. The number of nitrogens with zero attached hydrogens (tertiary/aromatic N) is 5. The number of hydrogen-bond donors (Lipinski definition) is 1. The van der Waals surface area contributed by atoms with Crippen LogP contribution in [0.25, 0.3) is 0 Å². The lowest BCUT2D eigenvalue weighted by Gasteiger charge is -2.40. The first-order valence-corrected chi connectivity index (χ1v) is 11.1. The molecule has 180 valence electrons. The molecule has 1 aliphatic carbocycles. The molecule has 2 aliphatic heterocycles. The predicted octanol–water partition coefficient (Wildman–Crippen LogP) is 1.69. The van der Waals surface area contributed by atoms with Crippen LogP contribution in [-0.4, -0.2) is 116 Å². The number of guanidine groups is 1. The second-order valence-corrected chi connectivity index (χ2v) is 8.51. The molecule has 1 saturated carbocycles. The van der Waals surface area contributed by atoms with E-state index in [1.165, 1.54) is 18.2 Å². The third-order valence-corrected chi connectivity index (χ3v) is 6.70. The van der Waals surface area contributed by atoms with E-state index in [1.807, 2.05) is 9.80 Å². The Bertz CT molecular complexity index is 600. The molecule has 0 bridgehead atoms. The van der Waals surface area contributed by atoms with Gasteiger partial charge in [0.15, 0.2) is 5.96 Å². The quantitative estimate of drug-likeness (QED) is 0.315. The topological polar surface area (TPSA) is 54.4 Å². The van der Waals surface area contributed by atoms with Gasteiger partial charge in [-0.2, -0.15) is 13.2 Å². The number of piperazine rings is 2. The highest BCUT2D eigenvalue weighted by atomic mass is 127. The van der Waals surface area contributed by atoms with Gasteiger partial charge < -0.3 is 15.1 Å². The average Bonchev–Trinajstić information content (AvgIpc) is 2.69. The van der Waals surface area contributed by atoms with Crippen LogP contribution in [0.5, 0.6) is 0 Å². The summed E-state index contributed by atoms with van der Waals surface area (Å²) in [6.45, 7) is 7.97. The lowest BCUT2D eigenvalue weighted by atomic mass is 9.84. The molecule has 3 aliphatic rings. The lowest BCUT2D eigenvalue weighted by Crippen LogP contribution is -2.57. The van der Waals surface area contributed by atoms with Crippen LogP contribution in [-0.2, 0) is 4.79 Å². The molecule has 0 spiro atoms. The smallest absolute Gasteiger partial charge is 0.355 e. The van der Waals surface area contributed by atoms with Crippen LogP contribution in [0.1, 0.15) is 26.2 Å². The van der Waals surface area contributed by atoms with Crippen LogP contribution < -0.4 is 5.32 Å². The van der Waals surface area contributed by atoms with Crippen molar-refractivity contribution in [2.75, 3.05) is 72.5 Å². The van der Waals surface area contributed by atoms with E-state index in [1.54, 1.807) is 7.05 Å². The maximum Gasteiger partial charge on any atom is 0.403 e. The Balaban J connectivity index is 0.00000341. The molecular weight excluding hydrogens is 524 g/mol. The Morgan fingerprint density at radius 2 is 1.61 bits per heavy atom. The van der Waals surface area contributed by atoms with E-state index in [0.717, 1.165) is 58.1 Å². The third-order valence-electron chi connectivity index (χ3n) is 6.70. The summed E-state index contributed by atoms with van der Waals surface area (Å²) in [4.78, 5) is 24.5. The van der Waals surface area contributed by atoms with Gasteiger partial charge in [-0.1, -0.05) is 6.42 Å². The Labute approximate surface area is 200 Å². The zero-order valence-corrected chi connectivity index (χ0v) is 20.9. The molecule has 2 saturated heterocycles. The largest absolute Gasteiger partial charge is 0.403 e. The Morgan fingerprint density at radius 3 is 2.10 bits per heavy atom. The van der Waals surface area contributed by atoms with Crippen molar-refractivity contribution < 1.29 is 18.0 Å². The standard InChI is InChI=1S/C20H35F3N6O.HI/c1-16(20(21,22)23)27-12-14-29(15-13-27)19(24-2)25-6-7-26-8-10-28(11-9-26)18(30)17-4-3-5-17;/h16-17H,3-15H2,1-2H3,(H,24,25);1H. The minimum Gasteiger partial charge on any atom is -0.355 e. The summed E-state index contributed by atoms with van der Waals surface area (Å²) in [6, 6.07) is -1.41. The van der Waals surface area contributed by atoms with E-state index < -0.39 is 12.2 Å². The molecule has 3 fully saturated rings. The molecular formula is C20H36F3IN6O. The second kappa shape index (κ2) is 11.9. The van der Waals surface area contributed by atoms with E-state index in [9.17, 15) is 18.0 Å². The Hall–Kier alpha value is -0.820. The molecule has 0 radical (unpaired) electrons. The summed E-state index contributed by atoms with van der Waals surface area (Å²) in [5.74, 6) is 1.34. The fraction of sp³-hybridized carbons (Fsp3) is 0.900. The van der Waals surface area contributed by atoms with Crippen molar-refractivity contribution >= 4 is 35.8 Å². The van der Waals surface area contributed by atoms with E-state index >= 15 is 0 Å². The van der Waals surface area contributed by atoms with Crippen LogP contribution in [0.15, 0.2) is 4.99 Å². The number of rotatable bonds is 5. The van der Waals surface area contributed by atoms with Crippen molar-refractivity contribution in [2.24, 2.45) is 10.9 Å². The van der Waals surface area contributed by atoms with Gasteiger partial charge in [-0.3, -0.25) is 19.6 Å². The van der Waals surface area contributed by atoms with Crippen LogP contribution in [0.4, 0.5) is 13.2 Å². The summed E-state index contributed by atoms with van der Waals surface area (Å²) in [6.07, 6.45) is -0.911. The van der Waals surface area contributed by atoms with Gasteiger partial charge in [-0.15, -0.1) is 24.0 Å². The summed E-state index contributed by atoms with van der Waals surface area (Å²) in [5, 5.41) is 3.34. The SMILES string of the molecule is CN=C(NCCN1CCN(C(=O)C2CCC2)CC1)N1CCN(C(C)C(F)(F)F)CC1.I. The van der Waals surface area contributed by atoms with Gasteiger partial charge in [0.1, 0.15) is 6.04 Å². The molecule has 1 atom stereocenters. The number of nitrogens with one attached hydrogen (secondary N) is 1. The van der Waals surface area contributed by atoms with Gasteiger partial charge >= 0.3 is 6.18 Å². The van der Waals surface area contributed by atoms with Gasteiger partial charge in [-0.25, -0.2) is 0 Å². The highest BCUT2D eigenvalue weighted by Gasteiger charge is 2.41. The number of hydrogen-bond acceptors (Lipinski definition) is 4. The highest BCUT2D eigenvalue weighted by molar-refractivity contribution is 14.0. The zero-order chi connectivity index (χ0) is 21.7. The van der Waals surface area contributed by atoms with Crippen LogP contribution in [0.3, 0.4) is 0 Å². The van der Waals surface area contributed by atoms with Crippen LogP contribution in [0.2, 0.25) is 0 Å². The molecule has 3 rings (SSSR count). The number of alkyl halides is 3. The van der Waals surface area contributed by atoms with Gasteiger partial charge in [0.2, 0.25) is 5.91 Å². The molecule has 0 aromatic rings. The van der Waals surface area contributed by atoms with Crippen molar-refractivity contribution in [3.05, 3.63) is 0 Å². The van der Waals surface area contributed by atoms with Crippen molar-refractivity contribution in [3.8, 4) is 0 Å². The molecule has 0 aromatic heterocycles. The van der Waals surface area contributed by atoms with E-state index in [0.29, 0.717) is 32.1 Å². The minimum absolute atomic E-state index is 0. The highest BCUT2D eigenvalue weighted by Crippen LogP contribution is 2.28. The maximum atomic E-state index is 12.9. The van der Waals surface area contributed by atoms with Crippen molar-refractivity contribution in [2.45, 2.75) is 38.4 Å². The van der Waals surface area contributed by atoms with Crippen LogP contribution in [0, 0.1) is 5.92 Å². The molecule has 31 heavy (non-hydrogen) atoms. The normalized spacial score (nSPS) is 23.2. The number of carbonyl (C=O) groups excluding carboxylic acids is 1. The van der Waals surface area contributed by atoms with Gasteiger partial charge in [0.05, 0.1) is 0 Å². The first-order valence-electron chi connectivity index (χ1n) is 11.1. The monoisotopic (exact) mass is 560 g/mol. The average molecular weight is 560 g/mol. The van der Waals surface area contributed by atoms with Gasteiger partial charge in [-0.05, 0) is 19.8 Å². The lowest BCUT2D eigenvalue weighted by molar-refractivity contribution is -0.181. The number of halogens is 4. The van der Waals surface area contributed by atoms with Crippen molar-refractivity contribution in [1.29, 1.82) is 0 Å². The first-order chi connectivity index (χ1) is 14.3. The molecule has 1 unspecified atom stereocenters. The first kappa shape index (κ1) is 26.4. The predicted molar refractivity (Wildman–Crippen MR) is 126 cm³/mol. The van der Waals surface area contributed by atoms with Crippen LogP contribution >= 0.6 is 24.0 Å². The van der Waals surface area contributed by atoms with E-state index in [2.05, 4.69) is 15.2 Å². The second-order valence-electron chi connectivity index (χ2n) is 8.51. The summed E-state index contributed by atoms with van der Waals surface area (Å²) < 4.78 is 38.7. The molecule has 7 nitrogen and oxygen atoms in total. The fourth-order valence-corrected chi connectivity index (χ4v) is 4.29. The summed E-state index contributed by atoms with van der Waals surface area (Å²) in [5.41, 5.74) is 0. The van der Waals surface area contributed by atoms with Crippen molar-refractivity contribution in [1.82, 2.24) is 24.9 Å². The molecule has 0 aromatic carbocycles. The Kier molecular flexibility index (Phi) is 10.1. The minimum atomic E-state index is -4.19. The van der Waals surface area contributed by atoms with Crippen molar-refractivity contribution in [3.63, 3.8) is 0 Å². The van der Waals surface area contributed by atoms with Gasteiger partial charge in [0, 0.05) is 78.4 Å². The molecule has 2 heterocycles. The fourth-order valence-electron chi connectivity index (χ4n) is 4.29. The van der Waals surface area contributed by atoms with E-state index in [-0.39, 0.29) is 29.9 Å². The van der Waals surface area contributed by atoms with Gasteiger partial charge in [0.25, 0.3) is 0 Å². The molecule has 11 heteroatoms. The summed E-state index contributed by atoms with van der Waals surface area (Å²) in [7, 11) is 1.71. The number of amides is 1. The summed E-state index contributed by atoms with van der Waals surface area (Å²) >= 11 is 0. The molecule has 1 amide bonds. The number of aliphatic imine (C=N–C) groups is 1. The molecule has 1 N–H and O–H groups in total. The maximum absolute atomic E-state index is 12.9. The zero-order valence-electron chi connectivity index (χ0n) is 18.5. The van der Waals surface area contributed by atoms with E-state index in [4.69, 9.17) is 0 Å².